The molecule has 2 aromatic carbocycles. The summed E-state index contributed by atoms with van der Waals surface area (Å²) in [5.74, 6) is 0.363. The molecule has 8 nitrogen and oxygen atoms in total. The van der Waals surface area contributed by atoms with E-state index < -0.39 is 6.04 Å². The lowest BCUT2D eigenvalue weighted by molar-refractivity contribution is -0.118. The molecule has 0 fully saturated rings. The van der Waals surface area contributed by atoms with Gasteiger partial charge in [0.2, 0.25) is 5.91 Å². The Hall–Kier alpha value is -3.76. The van der Waals surface area contributed by atoms with E-state index in [0.29, 0.717) is 27.7 Å². The number of carbonyl (C=O) groups excluding carboxylic acids is 2. The van der Waals surface area contributed by atoms with Gasteiger partial charge in [0.15, 0.2) is 10.6 Å². The number of thiophene rings is 1. The lowest BCUT2D eigenvalue weighted by Crippen LogP contribution is -2.25. The average Bonchev–Trinajstić information content (AvgIpc) is 3.46. The number of amides is 3. The van der Waals surface area contributed by atoms with Gasteiger partial charge in [0, 0.05) is 17.1 Å². The van der Waals surface area contributed by atoms with Crippen molar-refractivity contribution < 1.29 is 9.59 Å². The van der Waals surface area contributed by atoms with Crippen molar-refractivity contribution in [3.8, 4) is 10.7 Å². The Morgan fingerprint density at radius 1 is 1.03 bits per heavy atom. The van der Waals surface area contributed by atoms with Crippen LogP contribution < -0.4 is 16.0 Å². The third-order valence-corrected chi connectivity index (χ3v) is 6.15. The Morgan fingerprint density at radius 3 is 2.52 bits per heavy atom. The molecule has 33 heavy (non-hydrogen) atoms. The zero-order valence-corrected chi connectivity index (χ0v) is 19.6. The molecule has 4 N–H and O–H groups in total. The second kappa shape index (κ2) is 9.80. The van der Waals surface area contributed by atoms with Crippen LogP contribution in [0.25, 0.3) is 10.7 Å². The maximum Gasteiger partial charge on any atom is 0.323 e. The molecular weight excluding hydrogens is 456 g/mol. The second-order valence-corrected chi connectivity index (χ2v) is 8.67. The molecule has 0 aliphatic heterocycles. The van der Waals surface area contributed by atoms with Gasteiger partial charge in [-0.2, -0.15) is 5.10 Å². The molecule has 0 aliphatic rings. The highest BCUT2D eigenvalue weighted by molar-refractivity contribution is 7.71. The van der Waals surface area contributed by atoms with Crippen molar-refractivity contribution in [3.63, 3.8) is 0 Å². The Morgan fingerprint density at radius 2 is 1.79 bits per heavy atom. The van der Waals surface area contributed by atoms with Crippen molar-refractivity contribution in [2.75, 3.05) is 16.0 Å². The number of para-hydroxylation sites is 1. The molecule has 0 aliphatic carbocycles. The maximum atomic E-state index is 13.1. The standard InChI is InChI=1S/C23H22N6O2S2/c1-14-10-11-17(25-22(31)24-16-7-4-3-5-8-16)13-18(14)26-21(30)15(2)29-20(27-28-23(29)32)19-9-6-12-33-19/h3-13,15H,1-2H3,(H,26,30)(H,28,32)(H2,24,25,31). The van der Waals surface area contributed by atoms with Crippen LogP contribution in [-0.4, -0.2) is 26.7 Å². The summed E-state index contributed by atoms with van der Waals surface area (Å²) in [6.45, 7) is 3.65. The number of benzene rings is 2. The molecule has 10 heteroatoms. The van der Waals surface area contributed by atoms with E-state index >= 15 is 0 Å². The molecule has 0 saturated heterocycles. The summed E-state index contributed by atoms with van der Waals surface area (Å²) in [5.41, 5.74) is 2.69. The molecule has 1 atom stereocenters. The normalized spacial score (nSPS) is 11.6. The lowest BCUT2D eigenvalue weighted by Gasteiger charge is -2.17. The zero-order valence-electron chi connectivity index (χ0n) is 18.0. The minimum absolute atomic E-state index is 0.251. The second-order valence-electron chi connectivity index (χ2n) is 7.34. The predicted octanol–water partition coefficient (Wildman–Crippen LogP) is 5.82. The first-order chi connectivity index (χ1) is 15.9. The fraction of sp³-hybridized carbons (Fsp3) is 0.130. The Labute approximate surface area is 199 Å². The van der Waals surface area contributed by atoms with E-state index in [1.54, 1.807) is 35.8 Å². The number of nitrogens with one attached hydrogen (secondary N) is 4. The molecule has 0 bridgehead atoms. The number of aromatic nitrogens is 3. The van der Waals surface area contributed by atoms with Crippen molar-refractivity contribution in [2.24, 2.45) is 0 Å². The summed E-state index contributed by atoms with van der Waals surface area (Å²) < 4.78 is 2.06. The number of hydrogen-bond donors (Lipinski definition) is 4. The molecule has 2 heterocycles. The van der Waals surface area contributed by atoms with E-state index in [1.165, 1.54) is 11.3 Å². The van der Waals surface area contributed by atoms with E-state index in [2.05, 4.69) is 26.1 Å². The van der Waals surface area contributed by atoms with Crippen LogP contribution in [0.1, 0.15) is 18.5 Å². The highest BCUT2D eigenvalue weighted by atomic mass is 32.1. The van der Waals surface area contributed by atoms with E-state index in [0.717, 1.165) is 10.4 Å². The molecule has 2 aromatic heterocycles. The summed E-state index contributed by atoms with van der Waals surface area (Å²) in [5, 5.41) is 17.5. The number of aromatic amines is 1. The maximum absolute atomic E-state index is 13.1. The van der Waals surface area contributed by atoms with E-state index in [4.69, 9.17) is 12.2 Å². The van der Waals surface area contributed by atoms with E-state index in [-0.39, 0.29) is 11.9 Å². The van der Waals surface area contributed by atoms with Crippen molar-refractivity contribution in [2.45, 2.75) is 19.9 Å². The van der Waals surface area contributed by atoms with Gasteiger partial charge in [-0.15, -0.1) is 11.3 Å². The number of aryl methyl sites for hydroxylation is 1. The lowest BCUT2D eigenvalue weighted by atomic mass is 10.1. The van der Waals surface area contributed by atoms with Crippen molar-refractivity contribution in [1.82, 2.24) is 14.8 Å². The van der Waals surface area contributed by atoms with Crippen LogP contribution >= 0.6 is 23.6 Å². The topological polar surface area (TPSA) is 104 Å². The fourth-order valence-corrected chi connectivity index (χ4v) is 4.25. The van der Waals surface area contributed by atoms with E-state index in [1.807, 2.05) is 48.7 Å². The summed E-state index contributed by atoms with van der Waals surface area (Å²) in [4.78, 5) is 26.3. The molecule has 4 aromatic rings. The van der Waals surface area contributed by atoms with Gasteiger partial charge in [-0.25, -0.2) is 4.79 Å². The van der Waals surface area contributed by atoms with Crippen LogP contribution in [0, 0.1) is 11.7 Å². The van der Waals surface area contributed by atoms with Crippen LogP contribution in [0.4, 0.5) is 21.9 Å². The average molecular weight is 479 g/mol. The fourth-order valence-electron chi connectivity index (χ4n) is 3.25. The quantitative estimate of drug-likeness (QED) is 0.262. The number of urea groups is 1. The first-order valence-corrected chi connectivity index (χ1v) is 11.5. The molecule has 4 rings (SSSR count). The number of rotatable bonds is 6. The van der Waals surface area contributed by atoms with Gasteiger partial charge in [-0.05, 0) is 67.3 Å². The van der Waals surface area contributed by atoms with Gasteiger partial charge < -0.3 is 16.0 Å². The molecular formula is C23H22N6O2S2. The highest BCUT2D eigenvalue weighted by Crippen LogP contribution is 2.27. The minimum atomic E-state index is -0.606. The summed E-state index contributed by atoms with van der Waals surface area (Å²) in [6, 6.07) is 17.3. The Balaban J connectivity index is 1.49. The number of carbonyl (C=O) groups is 2. The van der Waals surface area contributed by atoms with Gasteiger partial charge >= 0.3 is 6.03 Å². The van der Waals surface area contributed by atoms with E-state index in [9.17, 15) is 9.59 Å². The summed E-state index contributed by atoms with van der Waals surface area (Å²) in [7, 11) is 0. The van der Waals surface area contributed by atoms with Crippen LogP contribution in [-0.2, 0) is 4.79 Å². The van der Waals surface area contributed by atoms with Gasteiger partial charge in [0.05, 0.1) is 4.88 Å². The van der Waals surface area contributed by atoms with Crippen LogP contribution in [0.5, 0.6) is 0 Å². The Kier molecular flexibility index (Phi) is 6.66. The molecule has 0 spiro atoms. The van der Waals surface area contributed by atoms with Crippen molar-refractivity contribution in [1.29, 1.82) is 0 Å². The van der Waals surface area contributed by atoms with Crippen molar-refractivity contribution >= 4 is 52.6 Å². The smallest absolute Gasteiger partial charge is 0.323 e. The molecule has 168 valence electrons. The number of H-pyrrole nitrogens is 1. The first kappa shape index (κ1) is 22.4. The highest BCUT2D eigenvalue weighted by Gasteiger charge is 2.22. The monoisotopic (exact) mass is 478 g/mol. The van der Waals surface area contributed by atoms with Crippen LogP contribution in [0.3, 0.4) is 0 Å². The summed E-state index contributed by atoms with van der Waals surface area (Å²) >= 11 is 6.89. The van der Waals surface area contributed by atoms with Gasteiger partial charge in [-0.3, -0.25) is 14.5 Å². The molecule has 0 radical (unpaired) electrons. The van der Waals surface area contributed by atoms with Gasteiger partial charge in [0.1, 0.15) is 6.04 Å². The molecule has 1 unspecified atom stereocenters. The third kappa shape index (κ3) is 5.18. The molecule has 0 saturated carbocycles. The largest absolute Gasteiger partial charge is 0.324 e. The third-order valence-electron chi connectivity index (χ3n) is 5.00. The zero-order chi connectivity index (χ0) is 23.4. The molecule has 3 amide bonds. The predicted molar refractivity (Wildman–Crippen MR) is 134 cm³/mol. The Bertz CT molecular complexity index is 1330. The summed E-state index contributed by atoms with van der Waals surface area (Å²) in [6.07, 6.45) is 0. The van der Waals surface area contributed by atoms with Gasteiger partial charge in [0.25, 0.3) is 0 Å². The number of nitrogens with zero attached hydrogens (tertiary/aromatic N) is 2. The minimum Gasteiger partial charge on any atom is -0.324 e. The number of hydrogen-bond acceptors (Lipinski definition) is 5. The van der Waals surface area contributed by atoms with Gasteiger partial charge in [-0.1, -0.05) is 30.3 Å². The number of anilines is 3. The first-order valence-electron chi connectivity index (χ1n) is 10.2. The van der Waals surface area contributed by atoms with Crippen LogP contribution in [0.15, 0.2) is 66.0 Å². The van der Waals surface area contributed by atoms with Crippen molar-refractivity contribution in [3.05, 3.63) is 76.4 Å². The SMILES string of the molecule is Cc1ccc(NC(=O)Nc2ccccc2)cc1NC(=O)C(C)n1c(-c2cccs2)n[nH]c1=S. The van der Waals surface area contributed by atoms with Crippen LogP contribution in [0.2, 0.25) is 0 Å².